The number of rotatable bonds is 12. The normalized spacial score (nSPS) is 18.0. The van der Waals surface area contributed by atoms with Crippen molar-refractivity contribution in [2.45, 2.75) is 18.8 Å². The molecule has 5 nitrogen and oxygen atoms in total. The van der Waals surface area contributed by atoms with Crippen molar-refractivity contribution >= 4 is 0 Å². The van der Waals surface area contributed by atoms with Crippen LogP contribution >= 0.6 is 0 Å². The van der Waals surface area contributed by atoms with Gasteiger partial charge in [-0.15, -0.1) is 3.53 Å². The van der Waals surface area contributed by atoms with Crippen LogP contribution in [-0.4, -0.2) is 91.4 Å². The Morgan fingerprint density at radius 2 is 1.77 bits per heavy atom. The molecule has 1 aliphatic heterocycles. The number of unbranched alkanes of at least 4 members (excludes halogenated alkanes) is 1. The Labute approximate surface area is 143 Å². The highest BCUT2D eigenvalue weighted by Crippen LogP contribution is 2.12. The van der Waals surface area contributed by atoms with E-state index < -0.39 is 12.5 Å². The number of alkyl halides is 3. The molecule has 0 unspecified atom stereocenters. The molecule has 1 heterocycles. The molecule has 0 saturated carbocycles. The zero-order valence-electron chi connectivity index (χ0n) is 13.4. The summed E-state index contributed by atoms with van der Waals surface area (Å²) in [7, 11) is 0. The summed E-state index contributed by atoms with van der Waals surface area (Å²) < 4.78 is 34.5. The van der Waals surface area contributed by atoms with Crippen molar-refractivity contribution in [3.8, 4) is 0 Å². The minimum atomic E-state index is -2.75. The fourth-order valence-electron chi connectivity index (χ4n) is 2.35. The summed E-state index contributed by atoms with van der Waals surface area (Å²) >= 11 is -0.307. The highest BCUT2D eigenvalue weighted by Gasteiger charge is 2.30. The molecule has 0 aromatic heterocycles. The maximum absolute atomic E-state index is 13.3. The predicted octanol–water partition coefficient (Wildman–Crippen LogP) is -2.75. The Bertz CT molecular complexity index is 281. The first-order valence-electron chi connectivity index (χ1n) is 7.80. The quantitative estimate of drug-likeness (QED) is 0.151. The molecule has 1 saturated heterocycles. The first kappa shape index (κ1) is 20.4. The van der Waals surface area contributed by atoms with Crippen LogP contribution in [0.2, 0.25) is 0 Å². The number of halogens is 3. The SMILES string of the molecule is C[I+]NCC(F)(F)COCCCCN1CCN(CCO)CC1. The van der Waals surface area contributed by atoms with Gasteiger partial charge in [-0.25, -0.2) is 8.78 Å². The lowest BCUT2D eigenvalue weighted by molar-refractivity contribution is -0.687. The molecule has 0 atom stereocenters. The van der Waals surface area contributed by atoms with E-state index in [0.29, 0.717) is 6.61 Å². The van der Waals surface area contributed by atoms with Crippen LogP contribution < -0.4 is 25.0 Å². The van der Waals surface area contributed by atoms with Crippen LogP contribution in [0.1, 0.15) is 12.8 Å². The number of nitrogens with one attached hydrogen (secondary N) is 1. The van der Waals surface area contributed by atoms with Crippen molar-refractivity contribution in [3.63, 3.8) is 0 Å². The van der Waals surface area contributed by atoms with E-state index in [2.05, 4.69) is 13.3 Å². The van der Waals surface area contributed by atoms with Gasteiger partial charge in [-0.3, -0.25) is 4.90 Å². The summed E-state index contributed by atoms with van der Waals surface area (Å²) in [4.78, 5) is 6.56. The van der Waals surface area contributed by atoms with Crippen molar-refractivity contribution in [1.29, 1.82) is 0 Å². The maximum atomic E-state index is 13.3. The van der Waals surface area contributed by atoms with Crippen molar-refractivity contribution in [1.82, 2.24) is 13.3 Å². The fourth-order valence-corrected chi connectivity index (χ4v) is 3.29. The Kier molecular flexibility index (Phi) is 11.0. The van der Waals surface area contributed by atoms with E-state index in [9.17, 15) is 8.78 Å². The standard InChI is InChI=1S/C14H29F2IN3O2/c1-17-18-12-14(15,16)13-22-11-3-2-4-19-5-7-20(8-6-19)9-10-21/h18,21H,2-13H2,1H3/q+1. The first-order chi connectivity index (χ1) is 10.6. The molecule has 2 N–H and O–H groups in total. The summed E-state index contributed by atoms with van der Waals surface area (Å²) in [6.07, 6.45) is 1.80. The molecule has 132 valence electrons. The van der Waals surface area contributed by atoms with E-state index in [1.165, 1.54) is 0 Å². The molecule has 0 aromatic rings. The molecule has 0 spiro atoms. The number of aliphatic hydroxyl groups excluding tert-OH is 1. The Balaban J connectivity index is 1.96. The average Bonchev–Trinajstić information content (AvgIpc) is 2.50. The number of hydrogen-bond acceptors (Lipinski definition) is 5. The van der Waals surface area contributed by atoms with Crippen LogP contribution in [0, 0.1) is 0 Å². The monoisotopic (exact) mass is 436 g/mol. The van der Waals surface area contributed by atoms with Gasteiger partial charge >= 0.3 is 21.5 Å². The molecule has 0 amide bonds. The zero-order valence-corrected chi connectivity index (χ0v) is 15.5. The Hall–Kier alpha value is 0.390. The zero-order chi connectivity index (χ0) is 16.3. The van der Waals surface area contributed by atoms with Gasteiger partial charge in [-0.2, -0.15) is 0 Å². The van der Waals surface area contributed by atoms with Crippen molar-refractivity contribution < 1.29 is 40.1 Å². The minimum Gasteiger partial charge on any atom is -0.395 e. The first-order valence-corrected chi connectivity index (χ1v) is 11.0. The molecular weight excluding hydrogens is 407 g/mol. The molecule has 1 fully saturated rings. The molecule has 1 rings (SSSR count). The van der Waals surface area contributed by atoms with E-state index in [4.69, 9.17) is 9.84 Å². The van der Waals surface area contributed by atoms with Gasteiger partial charge in [-0.05, 0) is 19.4 Å². The third kappa shape index (κ3) is 9.51. The number of ether oxygens (including phenoxy) is 1. The van der Waals surface area contributed by atoms with Gasteiger partial charge in [0.1, 0.15) is 13.2 Å². The molecular formula is C14H29F2IN3O2+. The summed E-state index contributed by atoms with van der Waals surface area (Å²) in [6.45, 7) is 5.65. The number of hydrogen-bond donors (Lipinski definition) is 2. The maximum Gasteiger partial charge on any atom is 0.380 e. The lowest BCUT2D eigenvalue weighted by Gasteiger charge is -2.34. The lowest BCUT2D eigenvalue weighted by Crippen LogP contribution is -3.66. The van der Waals surface area contributed by atoms with Gasteiger partial charge in [0, 0.05) is 39.3 Å². The smallest absolute Gasteiger partial charge is 0.380 e. The molecule has 0 bridgehead atoms. The van der Waals surface area contributed by atoms with Crippen molar-refractivity contribution in [2.75, 3.05) is 70.6 Å². The molecule has 1 aliphatic rings. The number of aliphatic hydroxyl groups is 1. The summed E-state index contributed by atoms with van der Waals surface area (Å²) in [5.41, 5.74) is 0. The largest absolute Gasteiger partial charge is 0.395 e. The van der Waals surface area contributed by atoms with Gasteiger partial charge in [0.05, 0.1) is 6.61 Å². The van der Waals surface area contributed by atoms with Crippen molar-refractivity contribution in [3.05, 3.63) is 0 Å². The second-order valence-corrected chi connectivity index (χ2v) is 7.36. The summed E-state index contributed by atoms with van der Waals surface area (Å²) in [5, 5.41) is 8.89. The third-order valence-electron chi connectivity index (χ3n) is 3.67. The van der Waals surface area contributed by atoms with Crippen LogP contribution in [0.4, 0.5) is 8.78 Å². The van der Waals surface area contributed by atoms with Crippen LogP contribution in [0.25, 0.3) is 0 Å². The van der Waals surface area contributed by atoms with E-state index >= 15 is 0 Å². The molecule has 0 aliphatic carbocycles. The molecule has 8 heteroatoms. The molecule has 22 heavy (non-hydrogen) atoms. The highest BCUT2D eigenvalue weighted by atomic mass is 127. The molecule has 0 radical (unpaired) electrons. The topological polar surface area (TPSA) is 48.0 Å². The van der Waals surface area contributed by atoms with Crippen LogP contribution in [-0.2, 0) is 4.74 Å². The highest BCUT2D eigenvalue weighted by molar-refractivity contribution is 4.71. The van der Waals surface area contributed by atoms with Gasteiger partial charge in [0.2, 0.25) is 0 Å². The second kappa shape index (κ2) is 11.9. The van der Waals surface area contributed by atoms with Gasteiger partial charge in [0.25, 0.3) is 5.92 Å². The van der Waals surface area contributed by atoms with Crippen molar-refractivity contribution in [2.24, 2.45) is 0 Å². The summed E-state index contributed by atoms with van der Waals surface area (Å²) in [6, 6.07) is 0. The number of nitrogens with zero attached hydrogens (tertiary/aromatic N) is 2. The average molecular weight is 436 g/mol. The molecule has 0 aromatic carbocycles. The minimum absolute atomic E-state index is 0.220. The van der Waals surface area contributed by atoms with E-state index in [0.717, 1.165) is 52.1 Å². The summed E-state index contributed by atoms with van der Waals surface area (Å²) in [5.74, 6) is -2.75. The van der Waals surface area contributed by atoms with Crippen LogP contribution in [0.3, 0.4) is 0 Å². The number of piperazine rings is 1. The van der Waals surface area contributed by atoms with E-state index in [-0.39, 0.29) is 34.6 Å². The van der Waals surface area contributed by atoms with Crippen LogP contribution in [0.15, 0.2) is 0 Å². The Morgan fingerprint density at radius 3 is 2.36 bits per heavy atom. The van der Waals surface area contributed by atoms with Crippen LogP contribution in [0.5, 0.6) is 0 Å². The third-order valence-corrected chi connectivity index (χ3v) is 4.81. The van der Waals surface area contributed by atoms with E-state index in [1.54, 1.807) is 0 Å². The fraction of sp³-hybridized carbons (Fsp3) is 1.00. The van der Waals surface area contributed by atoms with Gasteiger partial charge < -0.3 is 14.7 Å². The second-order valence-electron chi connectivity index (χ2n) is 5.52. The van der Waals surface area contributed by atoms with E-state index in [1.807, 2.05) is 4.93 Å². The van der Waals surface area contributed by atoms with Gasteiger partial charge in [-0.1, -0.05) is 0 Å². The van der Waals surface area contributed by atoms with Gasteiger partial charge in [0.15, 0.2) is 4.93 Å². The lowest BCUT2D eigenvalue weighted by atomic mass is 10.2. The number of β-amino-alcohol motifs (C(OH)–C–C–N with tert-alkyl or cyclic N) is 1. The predicted molar refractivity (Wildman–Crippen MR) is 78.9 cm³/mol. The Morgan fingerprint density at radius 1 is 1.14 bits per heavy atom.